The van der Waals surface area contributed by atoms with Crippen molar-refractivity contribution in [1.82, 2.24) is 5.32 Å². The number of rotatable bonds is 12. The first-order valence-corrected chi connectivity index (χ1v) is 8.71. The van der Waals surface area contributed by atoms with Gasteiger partial charge < -0.3 is 15.2 Å². The molecular weight excluding hydrogens is 250 g/mol. The maximum absolute atomic E-state index is 9.86. The van der Waals surface area contributed by atoms with Gasteiger partial charge in [0.05, 0.1) is 12.7 Å². The van der Waals surface area contributed by atoms with Gasteiger partial charge in [0.25, 0.3) is 0 Å². The molecule has 0 aromatic rings. The van der Waals surface area contributed by atoms with Gasteiger partial charge in [0.2, 0.25) is 0 Å². The lowest BCUT2D eigenvalue weighted by Gasteiger charge is -2.16. The monoisotopic (exact) mass is 285 g/mol. The summed E-state index contributed by atoms with van der Waals surface area (Å²) in [5, 5.41) is 13.3. The van der Waals surface area contributed by atoms with E-state index in [2.05, 4.69) is 19.2 Å². The maximum Gasteiger partial charge on any atom is 0.0897 e. The van der Waals surface area contributed by atoms with Crippen LogP contribution in [-0.4, -0.2) is 37.0 Å². The van der Waals surface area contributed by atoms with Gasteiger partial charge in [-0.1, -0.05) is 46.0 Å². The molecule has 3 heteroatoms. The topological polar surface area (TPSA) is 41.5 Å². The van der Waals surface area contributed by atoms with E-state index < -0.39 is 0 Å². The number of aliphatic hydroxyl groups excluding tert-OH is 1. The van der Waals surface area contributed by atoms with E-state index in [0.717, 1.165) is 18.9 Å². The number of aliphatic hydroxyl groups is 1. The Hall–Kier alpha value is -0.120. The summed E-state index contributed by atoms with van der Waals surface area (Å²) >= 11 is 0. The molecule has 1 saturated carbocycles. The van der Waals surface area contributed by atoms with Crippen molar-refractivity contribution >= 4 is 0 Å². The van der Waals surface area contributed by atoms with Gasteiger partial charge in [-0.15, -0.1) is 0 Å². The quantitative estimate of drug-likeness (QED) is 0.539. The highest BCUT2D eigenvalue weighted by Gasteiger charge is 2.21. The van der Waals surface area contributed by atoms with Crippen molar-refractivity contribution < 1.29 is 9.84 Å². The van der Waals surface area contributed by atoms with Crippen LogP contribution >= 0.6 is 0 Å². The Morgan fingerprint density at radius 3 is 2.60 bits per heavy atom. The van der Waals surface area contributed by atoms with E-state index in [-0.39, 0.29) is 6.10 Å². The van der Waals surface area contributed by atoms with E-state index in [1.807, 2.05) is 0 Å². The van der Waals surface area contributed by atoms with Crippen LogP contribution in [0, 0.1) is 5.92 Å². The molecule has 0 radical (unpaired) electrons. The summed E-state index contributed by atoms with van der Waals surface area (Å²) in [4.78, 5) is 0. The van der Waals surface area contributed by atoms with Gasteiger partial charge in [0, 0.05) is 19.2 Å². The highest BCUT2D eigenvalue weighted by atomic mass is 16.5. The van der Waals surface area contributed by atoms with Crippen LogP contribution in [0.5, 0.6) is 0 Å². The molecule has 1 aliphatic rings. The van der Waals surface area contributed by atoms with Crippen molar-refractivity contribution in [2.24, 2.45) is 5.92 Å². The van der Waals surface area contributed by atoms with Crippen LogP contribution in [-0.2, 0) is 4.74 Å². The summed E-state index contributed by atoms with van der Waals surface area (Å²) in [7, 11) is 0. The second-order valence-electron chi connectivity index (χ2n) is 6.52. The molecule has 120 valence electrons. The fraction of sp³-hybridized carbons (Fsp3) is 1.00. The zero-order chi connectivity index (χ0) is 14.6. The van der Waals surface area contributed by atoms with Gasteiger partial charge in [0.1, 0.15) is 0 Å². The third kappa shape index (κ3) is 8.93. The molecule has 0 amide bonds. The minimum atomic E-state index is -0.356. The Balaban J connectivity index is 1.84. The summed E-state index contributed by atoms with van der Waals surface area (Å²) in [5.41, 5.74) is 0. The number of nitrogens with one attached hydrogen (secondary N) is 1. The Bertz CT molecular complexity index is 223. The largest absolute Gasteiger partial charge is 0.389 e. The van der Waals surface area contributed by atoms with Gasteiger partial charge in [-0.2, -0.15) is 0 Å². The Morgan fingerprint density at radius 2 is 1.90 bits per heavy atom. The standard InChI is InChI=1S/C17H35NO2/c1-3-4-5-6-7-8-11-20-14-17(19)13-18-16-10-9-15(2)12-16/h15-19H,3-14H2,1-2H3. The van der Waals surface area contributed by atoms with E-state index in [1.165, 1.54) is 51.4 Å². The van der Waals surface area contributed by atoms with Crippen molar-refractivity contribution in [3.8, 4) is 0 Å². The van der Waals surface area contributed by atoms with Gasteiger partial charge in [-0.25, -0.2) is 0 Å². The lowest BCUT2D eigenvalue weighted by Crippen LogP contribution is -2.36. The minimum absolute atomic E-state index is 0.356. The van der Waals surface area contributed by atoms with E-state index in [0.29, 0.717) is 19.2 Å². The fourth-order valence-corrected chi connectivity index (χ4v) is 2.96. The molecule has 0 bridgehead atoms. The molecule has 0 aliphatic heterocycles. The van der Waals surface area contributed by atoms with Crippen LogP contribution in [0.15, 0.2) is 0 Å². The Morgan fingerprint density at radius 1 is 1.15 bits per heavy atom. The molecule has 1 rings (SSSR count). The number of unbranched alkanes of at least 4 members (excludes halogenated alkanes) is 5. The highest BCUT2D eigenvalue weighted by Crippen LogP contribution is 2.24. The van der Waals surface area contributed by atoms with Crippen LogP contribution in [0.1, 0.15) is 71.6 Å². The normalized spacial score (nSPS) is 24.1. The molecule has 3 atom stereocenters. The Labute approximate surface area is 125 Å². The molecule has 1 aliphatic carbocycles. The lowest BCUT2D eigenvalue weighted by atomic mass is 10.1. The summed E-state index contributed by atoms with van der Waals surface area (Å²) in [6.07, 6.45) is 11.2. The van der Waals surface area contributed by atoms with Gasteiger partial charge in [-0.05, 0) is 31.6 Å². The fourth-order valence-electron chi connectivity index (χ4n) is 2.96. The predicted molar refractivity (Wildman–Crippen MR) is 85.0 cm³/mol. The van der Waals surface area contributed by atoms with Crippen LogP contribution in [0.2, 0.25) is 0 Å². The zero-order valence-corrected chi connectivity index (χ0v) is 13.6. The second kappa shape index (κ2) is 11.5. The SMILES string of the molecule is CCCCCCCCOCC(O)CNC1CCC(C)C1. The van der Waals surface area contributed by atoms with E-state index >= 15 is 0 Å². The molecule has 0 spiro atoms. The van der Waals surface area contributed by atoms with E-state index in [1.54, 1.807) is 0 Å². The van der Waals surface area contributed by atoms with E-state index in [4.69, 9.17) is 4.74 Å². The molecule has 0 saturated heterocycles. The molecule has 0 aromatic heterocycles. The van der Waals surface area contributed by atoms with E-state index in [9.17, 15) is 5.11 Å². The zero-order valence-electron chi connectivity index (χ0n) is 13.6. The van der Waals surface area contributed by atoms with Crippen molar-refractivity contribution in [3.63, 3.8) is 0 Å². The summed E-state index contributed by atoms with van der Waals surface area (Å²) < 4.78 is 5.55. The predicted octanol–water partition coefficient (Wildman–Crippen LogP) is 3.50. The van der Waals surface area contributed by atoms with Gasteiger partial charge >= 0.3 is 0 Å². The van der Waals surface area contributed by atoms with Crippen LogP contribution < -0.4 is 5.32 Å². The van der Waals surface area contributed by atoms with Gasteiger partial charge in [0.15, 0.2) is 0 Å². The minimum Gasteiger partial charge on any atom is -0.389 e. The Kier molecular flexibility index (Phi) is 10.3. The average molecular weight is 285 g/mol. The number of ether oxygens (including phenoxy) is 1. The number of hydrogen-bond acceptors (Lipinski definition) is 3. The first-order chi connectivity index (χ1) is 9.72. The van der Waals surface area contributed by atoms with Crippen molar-refractivity contribution in [2.75, 3.05) is 19.8 Å². The first kappa shape index (κ1) is 17.9. The third-order valence-electron chi connectivity index (χ3n) is 4.29. The lowest BCUT2D eigenvalue weighted by molar-refractivity contribution is 0.0341. The smallest absolute Gasteiger partial charge is 0.0897 e. The molecular formula is C17H35NO2. The van der Waals surface area contributed by atoms with Gasteiger partial charge in [-0.3, -0.25) is 0 Å². The molecule has 3 nitrogen and oxygen atoms in total. The van der Waals surface area contributed by atoms with Crippen LogP contribution in [0.3, 0.4) is 0 Å². The summed E-state index contributed by atoms with van der Waals surface area (Å²) in [6.45, 7) is 6.49. The average Bonchev–Trinajstić information content (AvgIpc) is 2.85. The molecule has 3 unspecified atom stereocenters. The first-order valence-electron chi connectivity index (χ1n) is 8.71. The molecule has 20 heavy (non-hydrogen) atoms. The molecule has 1 fully saturated rings. The van der Waals surface area contributed by atoms with Crippen molar-refractivity contribution in [3.05, 3.63) is 0 Å². The molecule has 0 aromatic carbocycles. The summed E-state index contributed by atoms with van der Waals surface area (Å²) in [5.74, 6) is 0.841. The second-order valence-corrected chi connectivity index (χ2v) is 6.52. The summed E-state index contributed by atoms with van der Waals surface area (Å²) in [6, 6.07) is 0.609. The van der Waals surface area contributed by atoms with Crippen molar-refractivity contribution in [2.45, 2.75) is 83.8 Å². The van der Waals surface area contributed by atoms with Crippen LogP contribution in [0.25, 0.3) is 0 Å². The molecule has 2 N–H and O–H groups in total. The van der Waals surface area contributed by atoms with Crippen molar-refractivity contribution in [1.29, 1.82) is 0 Å². The number of hydrogen-bond donors (Lipinski definition) is 2. The van der Waals surface area contributed by atoms with Crippen LogP contribution in [0.4, 0.5) is 0 Å². The molecule has 0 heterocycles. The highest BCUT2D eigenvalue weighted by molar-refractivity contribution is 4.79. The maximum atomic E-state index is 9.86. The third-order valence-corrected chi connectivity index (χ3v) is 4.29.